The lowest BCUT2D eigenvalue weighted by Crippen LogP contribution is -2.28. The highest BCUT2D eigenvalue weighted by Crippen LogP contribution is 2.10. The van der Waals surface area contributed by atoms with Crippen LogP contribution in [0.3, 0.4) is 0 Å². The summed E-state index contributed by atoms with van der Waals surface area (Å²) in [5.74, 6) is -0.857. The van der Waals surface area contributed by atoms with Crippen molar-refractivity contribution in [3.05, 3.63) is 12.2 Å². The number of alkyl halides is 1. The third-order valence-electron chi connectivity index (χ3n) is 1.49. The third kappa shape index (κ3) is 6.60. The third-order valence-corrected chi connectivity index (χ3v) is 1.49. The molecule has 82 valence electrons. The summed E-state index contributed by atoms with van der Waals surface area (Å²) in [7, 11) is 0. The van der Waals surface area contributed by atoms with Crippen molar-refractivity contribution < 1.29 is 19.0 Å². The maximum atomic E-state index is 12.9. The molecule has 3 nitrogen and oxygen atoms in total. The smallest absolute Gasteiger partial charge is 0.343 e. The average Bonchev–Trinajstić information content (AvgIpc) is 2.09. The van der Waals surface area contributed by atoms with Crippen LogP contribution in [0.4, 0.5) is 4.39 Å². The quantitative estimate of drug-likeness (QED) is 0.406. The number of halogens is 1. The van der Waals surface area contributed by atoms with Gasteiger partial charge in [0.15, 0.2) is 0 Å². The Kier molecular flexibility index (Phi) is 6.12. The lowest BCUT2D eigenvalue weighted by Gasteiger charge is -2.11. The summed E-state index contributed by atoms with van der Waals surface area (Å²) in [5.41, 5.74) is -1.93. The van der Waals surface area contributed by atoms with E-state index in [2.05, 4.69) is 4.74 Å². The number of esters is 1. The van der Waals surface area contributed by atoms with Crippen LogP contribution in [0.25, 0.3) is 0 Å². The van der Waals surface area contributed by atoms with Gasteiger partial charge in [-0.3, -0.25) is 0 Å². The van der Waals surface area contributed by atoms with E-state index in [1.165, 1.54) is 0 Å². The molecule has 0 aliphatic rings. The van der Waals surface area contributed by atoms with Gasteiger partial charge in [-0.05, 0) is 26.7 Å². The summed E-state index contributed by atoms with van der Waals surface area (Å²) in [6.07, 6.45) is 4.83. The van der Waals surface area contributed by atoms with Crippen molar-refractivity contribution in [2.24, 2.45) is 0 Å². The van der Waals surface area contributed by atoms with Crippen LogP contribution in [-0.4, -0.2) is 30.0 Å². The zero-order valence-electron chi connectivity index (χ0n) is 8.62. The number of unbranched alkanes of at least 4 members (excludes halogenated alkanes) is 1. The van der Waals surface area contributed by atoms with Gasteiger partial charge in [0.2, 0.25) is 5.67 Å². The van der Waals surface area contributed by atoms with Gasteiger partial charge in [-0.1, -0.05) is 12.2 Å². The van der Waals surface area contributed by atoms with Gasteiger partial charge in [0, 0.05) is 6.61 Å². The van der Waals surface area contributed by atoms with Gasteiger partial charge in [-0.2, -0.15) is 0 Å². The molecule has 0 spiro atoms. The Hall–Kier alpha value is -0.900. The van der Waals surface area contributed by atoms with Gasteiger partial charge < -0.3 is 9.84 Å². The lowest BCUT2D eigenvalue weighted by molar-refractivity contribution is -0.154. The molecule has 0 radical (unpaired) electrons. The molecule has 0 bridgehead atoms. The maximum Gasteiger partial charge on any atom is 0.343 e. The Labute approximate surface area is 83.6 Å². The van der Waals surface area contributed by atoms with Crippen LogP contribution in [0, 0.1) is 0 Å². The van der Waals surface area contributed by atoms with Crippen molar-refractivity contribution in [3.8, 4) is 0 Å². The Morgan fingerprint density at radius 3 is 2.64 bits per heavy atom. The van der Waals surface area contributed by atoms with Crippen LogP contribution in [0.1, 0.15) is 26.7 Å². The summed E-state index contributed by atoms with van der Waals surface area (Å²) in [6.45, 7) is 2.54. The molecule has 0 aliphatic heterocycles. The van der Waals surface area contributed by atoms with E-state index in [4.69, 9.17) is 5.11 Å². The predicted octanol–water partition coefficient (Wildman–Crippen LogP) is 1.61. The largest absolute Gasteiger partial charge is 0.459 e. The predicted molar refractivity (Wildman–Crippen MR) is 51.6 cm³/mol. The number of hydrogen-bond acceptors (Lipinski definition) is 3. The second-order valence-corrected chi connectivity index (χ2v) is 3.41. The topological polar surface area (TPSA) is 46.5 Å². The number of carbonyl (C=O) groups excluding carboxylic acids is 1. The van der Waals surface area contributed by atoms with Gasteiger partial charge in [-0.25, -0.2) is 9.18 Å². The van der Waals surface area contributed by atoms with Crippen LogP contribution < -0.4 is 0 Å². The fraction of sp³-hybridized carbons (Fsp3) is 0.700. The van der Waals surface area contributed by atoms with E-state index in [1.54, 1.807) is 12.2 Å². The van der Waals surface area contributed by atoms with E-state index < -0.39 is 11.6 Å². The van der Waals surface area contributed by atoms with E-state index in [-0.39, 0.29) is 13.2 Å². The summed E-state index contributed by atoms with van der Waals surface area (Å²) < 4.78 is 17.5. The molecular formula is C10H17FO3. The van der Waals surface area contributed by atoms with E-state index >= 15 is 0 Å². The molecule has 4 heteroatoms. The Bertz CT molecular complexity index is 194. The standard InChI is InChI=1S/C10H17FO3/c1-10(2,11)9(13)14-8-6-4-3-5-7-12/h4,6,12H,3,5,7-8H2,1-2H3/b6-4+. The number of carbonyl (C=O) groups is 1. The number of aliphatic hydroxyl groups excluding tert-OH is 1. The highest BCUT2D eigenvalue weighted by molar-refractivity contribution is 5.78. The lowest BCUT2D eigenvalue weighted by atomic mass is 10.2. The van der Waals surface area contributed by atoms with Crippen LogP contribution in [0.5, 0.6) is 0 Å². The fourth-order valence-corrected chi connectivity index (χ4v) is 0.690. The Balaban J connectivity index is 3.54. The van der Waals surface area contributed by atoms with Gasteiger partial charge in [0.05, 0.1) is 0 Å². The Morgan fingerprint density at radius 2 is 2.14 bits per heavy atom. The Morgan fingerprint density at radius 1 is 1.50 bits per heavy atom. The van der Waals surface area contributed by atoms with Crippen LogP contribution >= 0.6 is 0 Å². The van der Waals surface area contributed by atoms with E-state index in [1.807, 2.05) is 0 Å². The fourth-order valence-electron chi connectivity index (χ4n) is 0.690. The molecule has 0 heterocycles. The summed E-state index contributed by atoms with van der Waals surface area (Å²) in [4.78, 5) is 10.9. The molecule has 0 fully saturated rings. The molecular weight excluding hydrogens is 187 g/mol. The molecule has 0 atom stereocenters. The first kappa shape index (κ1) is 13.1. The molecule has 14 heavy (non-hydrogen) atoms. The number of allylic oxidation sites excluding steroid dienone is 1. The monoisotopic (exact) mass is 204 g/mol. The molecule has 0 saturated heterocycles. The van der Waals surface area contributed by atoms with Crippen molar-refractivity contribution in [1.29, 1.82) is 0 Å². The number of rotatable bonds is 6. The molecule has 0 rings (SSSR count). The highest BCUT2D eigenvalue weighted by atomic mass is 19.1. The van der Waals surface area contributed by atoms with Crippen molar-refractivity contribution >= 4 is 5.97 Å². The SMILES string of the molecule is CC(C)(F)C(=O)OC/C=C/CCCO. The summed E-state index contributed by atoms with van der Waals surface area (Å²) in [5, 5.41) is 8.45. The molecule has 0 saturated carbocycles. The highest BCUT2D eigenvalue weighted by Gasteiger charge is 2.27. The van der Waals surface area contributed by atoms with Crippen molar-refractivity contribution in [2.45, 2.75) is 32.4 Å². The van der Waals surface area contributed by atoms with Gasteiger partial charge >= 0.3 is 5.97 Å². The minimum Gasteiger partial charge on any atom is -0.459 e. The first-order valence-electron chi connectivity index (χ1n) is 4.60. The molecule has 0 aromatic rings. The van der Waals surface area contributed by atoms with Crippen LogP contribution in [0.15, 0.2) is 12.2 Å². The summed E-state index contributed by atoms with van der Waals surface area (Å²) >= 11 is 0. The van der Waals surface area contributed by atoms with E-state index in [9.17, 15) is 9.18 Å². The normalized spacial score (nSPS) is 12.0. The maximum absolute atomic E-state index is 12.9. The van der Waals surface area contributed by atoms with Crippen molar-refractivity contribution in [3.63, 3.8) is 0 Å². The number of hydrogen-bond donors (Lipinski definition) is 1. The first-order valence-corrected chi connectivity index (χ1v) is 4.60. The van der Waals surface area contributed by atoms with E-state index in [0.717, 1.165) is 20.3 Å². The van der Waals surface area contributed by atoms with Gasteiger partial charge in [0.1, 0.15) is 6.61 Å². The second kappa shape index (κ2) is 6.54. The molecule has 0 aliphatic carbocycles. The second-order valence-electron chi connectivity index (χ2n) is 3.41. The van der Waals surface area contributed by atoms with Gasteiger partial charge in [-0.15, -0.1) is 0 Å². The summed E-state index contributed by atoms with van der Waals surface area (Å²) in [6, 6.07) is 0. The van der Waals surface area contributed by atoms with Gasteiger partial charge in [0.25, 0.3) is 0 Å². The first-order chi connectivity index (χ1) is 6.48. The minimum absolute atomic E-state index is 0.0810. The molecule has 0 amide bonds. The average molecular weight is 204 g/mol. The van der Waals surface area contributed by atoms with Crippen LogP contribution in [0.2, 0.25) is 0 Å². The van der Waals surface area contributed by atoms with Crippen LogP contribution in [-0.2, 0) is 9.53 Å². The molecule has 0 unspecified atom stereocenters. The zero-order valence-corrected chi connectivity index (χ0v) is 8.62. The zero-order chi connectivity index (χ0) is 11.0. The van der Waals surface area contributed by atoms with E-state index in [0.29, 0.717) is 6.42 Å². The van der Waals surface area contributed by atoms with Crippen molar-refractivity contribution in [1.82, 2.24) is 0 Å². The van der Waals surface area contributed by atoms with Crippen molar-refractivity contribution in [2.75, 3.05) is 13.2 Å². The number of ether oxygens (including phenoxy) is 1. The minimum atomic E-state index is -1.93. The molecule has 1 N–H and O–H groups in total. The molecule has 0 aromatic heterocycles. The molecule has 0 aromatic carbocycles. The number of aliphatic hydroxyl groups is 1.